The first-order valence-corrected chi connectivity index (χ1v) is 10.6. The van der Waals surface area contributed by atoms with Gasteiger partial charge in [-0.1, -0.05) is 18.2 Å². The molecule has 32 heavy (non-hydrogen) atoms. The van der Waals surface area contributed by atoms with Crippen molar-refractivity contribution in [3.05, 3.63) is 53.6 Å². The number of rotatable bonds is 3. The molecule has 0 radical (unpaired) electrons. The third kappa shape index (κ3) is 5.10. The summed E-state index contributed by atoms with van der Waals surface area (Å²) in [6.07, 6.45) is 0.0704. The molecule has 2 aromatic carbocycles. The Morgan fingerprint density at radius 2 is 1.66 bits per heavy atom. The van der Waals surface area contributed by atoms with Crippen molar-refractivity contribution in [2.45, 2.75) is 58.7 Å². The molecule has 2 amide bonds. The predicted molar refractivity (Wildman–Crippen MR) is 123 cm³/mol. The number of nitrogens with zero attached hydrogens (tertiary/aromatic N) is 1. The number of ether oxygens (including phenoxy) is 2. The van der Waals surface area contributed by atoms with Crippen LogP contribution in [0.25, 0.3) is 11.1 Å². The van der Waals surface area contributed by atoms with Crippen LogP contribution in [0.1, 0.15) is 63.0 Å². The van der Waals surface area contributed by atoms with E-state index in [9.17, 15) is 14.4 Å². The van der Waals surface area contributed by atoms with E-state index >= 15 is 0 Å². The summed E-state index contributed by atoms with van der Waals surface area (Å²) in [5.74, 6) is -0.445. The van der Waals surface area contributed by atoms with Crippen molar-refractivity contribution >= 4 is 23.7 Å². The molecule has 7 heteroatoms. The number of carbonyl (C=O) groups excluding carboxylic acids is 3. The summed E-state index contributed by atoms with van der Waals surface area (Å²) < 4.78 is 10.2. The van der Waals surface area contributed by atoms with Crippen molar-refractivity contribution < 1.29 is 23.9 Å². The lowest BCUT2D eigenvalue weighted by Gasteiger charge is -2.39. The molecule has 2 atom stereocenters. The normalized spacial score (nSPS) is 17.9. The molecule has 1 heterocycles. The number of methoxy groups -OCH3 is 1. The lowest BCUT2D eigenvalue weighted by Crippen LogP contribution is -2.46. The maximum Gasteiger partial charge on any atom is 0.408 e. The van der Waals surface area contributed by atoms with Crippen LogP contribution in [0.2, 0.25) is 0 Å². The quantitative estimate of drug-likeness (QED) is 0.693. The number of alkyl carbamates (subject to hydrolysis) is 1. The van der Waals surface area contributed by atoms with Crippen LogP contribution in [0.4, 0.5) is 10.5 Å². The molecule has 0 spiro atoms. The van der Waals surface area contributed by atoms with Gasteiger partial charge in [0.25, 0.3) is 0 Å². The first-order valence-electron chi connectivity index (χ1n) is 10.6. The first kappa shape index (κ1) is 23.3. The molecule has 0 unspecified atom stereocenters. The zero-order valence-corrected chi connectivity index (χ0v) is 19.4. The second kappa shape index (κ2) is 9.02. The molecular formula is C25H30N2O5. The van der Waals surface area contributed by atoms with Crippen LogP contribution in [0.5, 0.6) is 0 Å². The average molecular weight is 439 g/mol. The van der Waals surface area contributed by atoms with E-state index in [0.29, 0.717) is 12.0 Å². The number of esters is 1. The van der Waals surface area contributed by atoms with Gasteiger partial charge in [-0.15, -0.1) is 0 Å². The lowest BCUT2D eigenvalue weighted by molar-refractivity contribution is -0.117. The number of benzene rings is 2. The Morgan fingerprint density at radius 1 is 1.03 bits per heavy atom. The number of hydrogen-bond donors (Lipinski definition) is 1. The first-order chi connectivity index (χ1) is 15.0. The number of carbonyl (C=O) groups is 3. The van der Waals surface area contributed by atoms with Gasteiger partial charge in [0, 0.05) is 18.7 Å². The van der Waals surface area contributed by atoms with E-state index in [1.807, 2.05) is 58.0 Å². The molecule has 3 rings (SSSR count). The van der Waals surface area contributed by atoms with E-state index in [2.05, 4.69) is 5.32 Å². The summed E-state index contributed by atoms with van der Waals surface area (Å²) in [7, 11) is 1.35. The van der Waals surface area contributed by atoms with Gasteiger partial charge in [-0.05, 0) is 75.1 Å². The molecule has 170 valence electrons. The van der Waals surface area contributed by atoms with E-state index in [1.54, 1.807) is 24.0 Å². The summed E-state index contributed by atoms with van der Waals surface area (Å²) in [5.41, 5.74) is 3.29. The fourth-order valence-corrected chi connectivity index (χ4v) is 4.03. The standard InChI is InChI=1S/C25H30N2O5/c1-15-13-21(26-24(30)32-25(3,4)5)20-14-19(11-12-22(20)27(15)16(2)28)17-7-9-18(10-8-17)23(29)31-6/h7-12,14-15,21H,13H2,1-6H3,(H,26,30)/t15-,21+/m0/s1. The third-order valence-corrected chi connectivity index (χ3v) is 5.35. The molecule has 0 fully saturated rings. The summed E-state index contributed by atoms with van der Waals surface area (Å²) >= 11 is 0. The summed E-state index contributed by atoms with van der Waals surface area (Å²) in [5, 5.41) is 2.97. The van der Waals surface area contributed by atoms with Gasteiger partial charge in [-0.2, -0.15) is 0 Å². The van der Waals surface area contributed by atoms with Crippen LogP contribution in [0.3, 0.4) is 0 Å². The molecule has 1 N–H and O–H groups in total. The third-order valence-electron chi connectivity index (χ3n) is 5.35. The van der Waals surface area contributed by atoms with E-state index in [1.165, 1.54) is 7.11 Å². The Kier molecular flexibility index (Phi) is 6.57. The smallest absolute Gasteiger partial charge is 0.408 e. The minimum absolute atomic E-state index is 0.0513. The Bertz CT molecular complexity index is 1020. The minimum Gasteiger partial charge on any atom is -0.465 e. The number of anilines is 1. The fourth-order valence-electron chi connectivity index (χ4n) is 4.03. The van der Waals surface area contributed by atoms with Gasteiger partial charge in [-0.25, -0.2) is 9.59 Å². The average Bonchev–Trinajstić information content (AvgIpc) is 2.71. The molecule has 0 aliphatic carbocycles. The minimum atomic E-state index is -0.609. The molecule has 0 saturated carbocycles. The van der Waals surface area contributed by atoms with Crippen molar-refractivity contribution in [1.29, 1.82) is 0 Å². The van der Waals surface area contributed by atoms with Gasteiger partial charge >= 0.3 is 12.1 Å². The highest BCUT2D eigenvalue weighted by Gasteiger charge is 2.34. The van der Waals surface area contributed by atoms with Gasteiger partial charge in [0.1, 0.15) is 5.60 Å². The SMILES string of the molecule is COC(=O)c1ccc(-c2ccc3c(c2)[C@H](NC(=O)OC(C)(C)C)C[C@H](C)N3C(C)=O)cc1. The Hall–Kier alpha value is -3.35. The highest BCUT2D eigenvalue weighted by Crippen LogP contribution is 2.39. The summed E-state index contributed by atoms with van der Waals surface area (Å²) in [6.45, 7) is 8.96. The van der Waals surface area contributed by atoms with E-state index in [0.717, 1.165) is 22.4 Å². The van der Waals surface area contributed by atoms with Crippen molar-refractivity contribution in [2.24, 2.45) is 0 Å². The zero-order chi connectivity index (χ0) is 23.6. The summed E-state index contributed by atoms with van der Waals surface area (Å²) in [4.78, 5) is 38.3. The Labute approximate surface area is 188 Å². The van der Waals surface area contributed by atoms with Crippen molar-refractivity contribution in [3.8, 4) is 11.1 Å². The van der Waals surface area contributed by atoms with Crippen LogP contribution in [0, 0.1) is 0 Å². The maximum absolute atomic E-state index is 12.5. The highest BCUT2D eigenvalue weighted by atomic mass is 16.6. The van der Waals surface area contributed by atoms with Gasteiger partial charge in [0.05, 0.1) is 18.7 Å². The maximum atomic E-state index is 12.5. The van der Waals surface area contributed by atoms with Gasteiger partial charge in [0.2, 0.25) is 5.91 Å². The molecule has 0 saturated heterocycles. The molecule has 1 aliphatic heterocycles. The van der Waals surface area contributed by atoms with Crippen LogP contribution in [-0.2, 0) is 14.3 Å². The number of hydrogen-bond acceptors (Lipinski definition) is 5. The second-order valence-electron chi connectivity index (χ2n) is 9.02. The van der Waals surface area contributed by atoms with Crippen molar-refractivity contribution in [2.75, 3.05) is 12.0 Å². The monoisotopic (exact) mass is 438 g/mol. The van der Waals surface area contributed by atoms with Crippen LogP contribution in [-0.4, -0.2) is 36.7 Å². The lowest BCUT2D eigenvalue weighted by atomic mass is 9.89. The number of nitrogens with one attached hydrogen (secondary N) is 1. The van der Waals surface area contributed by atoms with Crippen molar-refractivity contribution in [1.82, 2.24) is 5.32 Å². The largest absolute Gasteiger partial charge is 0.465 e. The fraction of sp³-hybridized carbons (Fsp3) is 0.400. The van der Waals surface area contributed by atoms with Crippen molar-refractivity contribution in [3.63, 3.8) is 0 Å². The molecule has 7 nitrogen and oxygen atoms in total. The van der Waals surface area contributed by atoms with E-state index in [-0.39, 0.29) is 18.0 Å². The van der Waals surface area contributed by atoms with Crippen LogP contribution < -0.4 is 10.2 Å². The van der Waals surface area contributed by atoms with E-state index < -0.39 is 17.7 Å². The van der Waals surface area contributed by atoms with Gasteiger partial charge in [0.15, 0.2) is 0 Å². The molecular weight excluding hydrogens is 408 g/mol. The topological polar surface area (TPSA) is 84.9 Å². The Morgan fingerprint density at radius 3 is 2.22 bits per heavy atom. The second-order valence-corrected chi connectivity index (χ2v) is 9.02. The number of amides is 2. The van der Waals surface area contributed by atoms with E-state index in [4.69, 9.17) is 9.47 Å². The van der Waals surface area contributed by atoms with Crippen LogP contribution >= 0.6 is 0 Å². The summed E-state index contributed by atoms with van der Waals surface area (Å²) in [6, 6.07) is 12.5. The van der Waals surface area contributed by atoms with Gasteiger partial charge in [-0.3, -0.25) is 4.79 Å². The molecule has 0 bridgehead atoms. The zero-order valence-electron chi connectivity index (χ0n) is 19.4. The molecule has 0 aromatic heterocycles. The molecule has 1 aliphatic rings. The predicted octanol–water partition coefficient (Wildman–Crippen LogP) is 4.85. The molecule has 2 aromatic rings. The number of fused-ring (bicyclic) bond motifs is 1. The Balaban J connectivity index is 1.99. The van der Waals surface area contributed by atoms with Gasteiger partial charge < -0.3 is 19.7 Å². The highest BCUT2D eigenvalue weighted by molar-refractivity contribution is 5.94. The van der Waals surface area contributed by atoms with Crippen LogP contribution in [0.15, 0.2) is 42.5 Å².